The number of rotatable bonds is 7. The first-order valence-electron chi connectivity index (χ1n) is 19.7. The molecular formula is C53H34N6. The summed E-state index contributed by atoms with van der Waals surface area (Å²) in [6.45, 7) is 0. The summed E-state index contributed by atoms with van der Waals surface area (Å²) >= 11 is 0. The van der Waals surface area contributed by atoms with Gasteiger partial charge in [0.05, 0.1) is 39.3 Å². The fraction of sp³-hybridized carbons (Fsp3) is 0. The minimum Gasteiger partial charge on any atom is -0.292 e. The molecule has 0 radical (unpaired) electrons. The summed E-state index contributed by atoms with van der Waals surface area (Å²) in [5.74, 6) is 1.46. The smallest absolute Gasteiger partial charge is 0.179 e. The number of para-hydroxylation sites is 2. The van der Waals surface area contributed by atoms with E-state index in [0.29, 0.717) is 11.5 Å². The average molecular weight is 755 g/mol. The molecule has 7 aromatic carbocycles. The van der Waals surface area contributed by atoms with Gasteiger partial charge in [-0.05, 0) is 47.9 Å². The van der Waals surface area contributed by atoms with Gasteiger partial charge in [0.25, 0.3) is 0 Å². The van der Waals surface area contributed by atoms with Crippen molar-refractivity contribution in [1.29, 1.82) is 0 Å². The second-order valence-electron chi connectivity index (χ2n) is 14.5. The Bertz CT molecular complexity index is 3230. The predicted octanol–water partition coefficient (Wildman–Crippen LogP) is 12.9. The van der Waals surface area contributed by atoms with Gasteiger partial charge in [-0.25, -0.2) is 24.9 Å². The van der Waals surface area contributed by atoms with E-state index in [1.165, 1.54) is 0 Å². The van der Waals surface area contributed by atoms with Crippen LogP contribution in [0.25, 0.3) is 106 Å². The van der Waals surface area contributed by atoms with Crippen molar-refractivity contribution >= 4 is 32.7 Å². The lowest BCUT2D eigenvalue weighted by molar-refractivity contribution is 1.10. The summed E-state index contributed by atoms with van der Waals surface area (Å²) in [7, 11) is 0. The quantitative estimate of drug-likeness (QED) is 0.152. The third-order valence-electron chi connectivity index (χ3n) is 10.8. The molecule has 4 aromatic heterocycles. The van der Waals surface area contributed by atoms with E-state index in [2.05, 4.69) is 132 Å². The van der Waals surface area contributed by atoms with E-state index in [1.807, 2.05) is 78.9 Å². The average Bonchev–Trinajstić information content (AvgIpc) is 3.72. The highest BCUT2D eigenvalue weighted by atomic mass is 15.1. The normalized spacial score (nSPS) is 11.4. The van der Waals surface area contributed by atoms with Crippen LogP contribution in [0.5, 0.6) is 0 Å². The Labute approximate surface area is 340 Å². The van der Waals surface area contributed by atoms with Crippen LogP contribution in [0.4, 0.5) is 0 Å². The molecule has 0 fully saturated rings. The highest BCUT2D eigenvalue weighted by Crippen LogP contribution is 2.40. The number of hydrogen-bond donors (Lipinski definition) is 0. The Balaban J connectivity index is 1.05. The molecule has 59 heavy (non-hydrogen) atoms. The Morgan fingerprint density at radius 3 is 1.58 bits per heavy atom. The van der Waals surface area contributed by atoms with Gasteiger partial charge in [0, 0.05) is 44.3 Å². The van der Waals surface area contributed by atoms with Crippen molar-refractivity contribution in [3.63, 3.8) is 0 Å². The lowest BCUT2D eigenvalue weighted by atomic mass is 9.97. The number of hydrogen-bond acceptors (Lipinski definition) is 5. The Kier molecular flexibility index (Phi) is 8.37. The molecule has 0 aliphatic rings. The fourth-order valence-corrected chi connectivity index (χ4v) is 8.01. The van der Waals surface area contributed by atoms with E-state index in [0.717, 1.165) is 94.8 Å². The van der Waals surface area contributed by atoms with E-state index >= 15 is 0 Å². The van der Waals surface area contributed by atoms with Crippen LogP contribution in [0.3, 0.4) is 0 Å². The van der Waals surface area contributed by atoms with Gasteiger partial charge >= 0.3 is 0 Å². The Morgan fingerprint density at radius 2 is 0.898 bits per heavy atom. The molecule has 0 aliphatic carbocycles. The standard InChI is InChI=1S/C53H34N6/c1-5-16-35(17-6-1)46-34-47(36-18-7-2-8-19-36)57-52(56-46)45-27-15-26-43(54-45)37-28-30-38(31-29-37)50-49-42(41-24-13-14-25-44(41)55-50)32-33-48-51(49)58-53(39-20-9-3-10-21-39)59(48)40-22-11-4-12-23-40/h1-34H. The maximum Gasteiger partial charge on any atom is 0.179 e. The summed E-state index contributed by atoms with van der Waals surface area (Å²) in [6.07, 6.45) is 0. The highest BCUT2D eigenvalue weighted by molar-refractivity contribution is 6.20. The van der Waals surface area contributed by atoms with Gasteiger partial charge in [-0.15, -0.1) is 0 Å². The molecule has 0 amide bonds. The van der Waals surface area contributed by atoms with Gasteiger partial charge < -0.3 is 0 Å². The lowest BCUT2D eigenvalue weighted by Gasteiger charge is -2.13. The van der Waals surface area contributed by atoms with Gasteiger partial charge in [0.1, 0.15) is 11.5 Å². The molecule has 0 aliphatic heterocycles. The summed E-state index contributed by atoms with van der Waals surface area (Å²) < 4.78 is 2.26. The number of benzene rings is 7. The molecule has 0 saturated carbocycles. The molecule has 11 aromatic rings. The Hall–Kier alpha value is -8.09. The van der Waals surface area contributed by atoms with Crippen molar-refractivity contribution in [1.82, 2.24) is 29.5 Å². The number of imidazole rings is 1. The van der Waals surface area contributed by atoms with E-state index in [9.17, 15) is 0 Å². The van der Waals surface area contributed by atoms with Crippen LogP contribution in [0, 0.1) is 0 Å². The van der Waals surface area contributed by atoms with E-state index in [1.54, 1.807) is 0 Å². The largest absolute Gasteiger partial charge is 0.292 e. The van der Waals surface area contributed by atoms with Gasteiger partial charge in [-0.2, -0.15) is 0 Å². The summed E-state index contributed by atoms with van der Waals surface area (Å²) in [5, 5.41) is 3.22. The second kappa shape index (κ2) is 14.4. The first-order valence-corrected chi connectivity index (χ1v) is 19.7. The number of fused-ring (bicyclic) bond motifs is 5. The van der Waals surface area contributed by atoms with Crippen LogP contribution in [-0.2, 0) is 0 Å². The number of nitrogens with zero attached hydrogens (tertiary/aromatic N) is 6. The summed E-state index contributed by atoms with van der Waals surface area (Å²) in [4.78, 5) is 26.0. The second-order valence-corrected chi connectivity index (χ2v) is 14.5. The third-order valence-corrected chi connectivity index (χ3v) is 10.8. The van der Waals surface area contributed by atoms with E-state index in [4.69, 9.17) is 24.9 Å². The molecule has 0 N–H and O–H groups in total. The maximum atomic E-state index is 5.44. The zero-order valence-electron chi connectivity index (χ0n) is 31.8. The molecule has 11 rings (SSSR count). The molecule has 4 heterocycles. The van der Waals surface area contributed by atoms with Gasteiger partial charge in [0.2, 0.25) is 0 Å². The molecular weight excluding hydrogens is 721 g/mol. The molecule has 0 bridgehead atoms. The van der Waals surface area contributed by atoms with Crippen LogP contribution >= 0.6 is 0 Å². The van der Waals surface area contributed by atoms with Crippen LogP contribution in [0.15, 0.2) is 206 Å². The number of pyridine rings is 2. The molecule has 0 saturated heterocycles. The zero-order chi connectivity index (χ0) is 39.1. The van der Waals surface area contributed by atoms with Crippen molar-refractivity contribution in [3.05, 3.63) is 206 Å². The lowest BCUT2D eigenvalue weighted by Crippen LogP contribution is -1.98. The van der Waals surface area contributed by atoms with Gasteiger partial charge in [0.15, 0.2) is 5.82 Å². The zero-order valence-corrected chi connectivity index (χ0v) is 31.8. The van der Waals surface area contributed by atoms with Crippen LogP contribution < -0.4 is 0 Å². The molecule has 0 atom stereocenters. The first kappa shape index (κ1) is 34.2. The van der Waals surface area contributed by atoms with Crippen molar-refractivity contribution in [2.24, 2.45) is 0 Å². The third kappa shape index (κ3) is 6.20. The molecule has 276 valence electrons. The van der Waals surface area contributed by atoms with Crippen LogP contribution in [-0.4, -0.2) is 29.5 Å². The fourth-order valence-electron chi connectivity index (χ4n) is 8.01. The monoisotopic (exact) mass is 754 g/mol. The topological polar surface area (TPSA) is 69.4 Å². The summed E-state index contributed by atoms with van der Waals surface area (Å²) in [6, 6.07) is 70.7. The van der Waals surface area contributed by atoms with Crippen molar-refractivity contribution < 1.29 is 0 Å². The van der Waals surface area contributed by atoms with Crippen molar-refractivity contribution in [2.45, 2.75) is 0 Å². The Morgan fingerprint density at radius 1 is 0.339 bits per heavy atom. The highest BCUT2D eigenvalue weighted by Gasteiger charge is 2.21. The minimum atomic E-state index is 0.573. The van der Waals surface area contributed by atoms with E-state index in [-0.39, 0.29) is 0 Å². The van der Waals surface area contributed by atoms with Gasteiger partial charge in [-0.3, -0.25) is 4.57 Å². The van der Waals surface area contributed by atoms with E-state index < -0.39 is 0 Å². The SMILES string of the molecule is c1ccc(-c2cc(-c3ccccc3)nc(-c3cccc(-c4ccc(-c5nc6ccccc6c6ccc7c(nc(-c8ccccc8)n7-c7ccccc7)c56)cc4)n3)n2)cc1. The predicted molar refractivity (Wildman–Crippen MR) is 240 cm³/mol. The van der Waals surface area contributed by atoms with Crippen molar-refractivity contribution in [2.75, 3.05) is 0 Å². The molecule has 0 unspecified atom stereocenters. The molecule has 0 spiro atoms. The minimum absolute atomic E-state index is 0.573. The maximum absolute atomic E-state index is 5.44. The summed E-state index contributed by atoms with van der Waals surface area (Å²) in [5.41, 5.74) is 13.1. The molecule has 6 heteroatoms. The first-order chi connectivity index (χ1) is 29.2. The van der Waals surface area contributed by atoms with Crippen LogP contribution in [0.1, 0.15) is 0 Å². The number of aromatic nitrogens is 6. The van der Waals surface area contributed by atoms with Crippen LogP contribution in [0.2, 0.25) is 0 Å². The molecule has 6 nitrogen and oxygen atoms in total. The van der Waals surface area contributed by atoms with Crippen molar-refractivity contribution in [3.8, 4) is 73.6 Å². The van der Waals surface area contributed by atoms with Gasteiger partial charge in [-0.1, -0.05) is 164 Å².